The second-order valence-electron chi connectivity index (χ2n) is 4.14. The van der Waals surface area contributed by atoms with E-state index in [1.807, 2.05) is 25.8 Å². The van der Waals surface area contributed by atoms with E-state index < -0.39 is 0 Å². The number of carbonyl (C=O) groups excluding carboxylic acids is 2. The lowest BCUT2D eigenvalue weighted by atomic mass is 10.1. The molecule has 0 aromatic rings. The molecule has 0 saturated carbocycles. The summed E-state index contributed by atoms with van der Waals surface area (Å²) >= 11 is 0. The maximum atomic E-state index is 11.6. The van der Waals surface area contributed by atoms with Crippen LogP contribution in [0.25, 0.3) is 0 Å². The summed E-state index contributed by atoms with van der Waals surface area (Å²) < 4.78 is 0. The Morgan fingerprint density at radius 3 is 2.73 bits per heavy atom. The van der Waals surface area contributed by atoms with Crippen molar-refractivity contribution in [1.82, 2.24) is 9.80 Å². The van der Waals surface area contributed by atoms with E-state index in [9.17, 15) is 9.59 Å². The van der Waals surface area contributed by atoms with Gasteiger partial charge in [0, 0.05) is 26.6 Å². The Hall–Kier alpha value is -0.900. The Labute approximate surface area is 91.2 Å². The van der Waals surface area contributed by atoms with Crippen molar-refractivity contribution in [3.63, 3.8) is 0 Å². The van der Waals surface area contributed by atoms with Crippen LogP contribution in [0, 0.1) is 0 Å². The highest BCUT2D eigenvalue weighted by Gasteiger charge is 2.25. The minimum Gasteiger partial charge on any atom is -0.345 e. The zero-order valence-electron chi connectivity index (χ0n) is 9.82. The second-order valence-corrected chi connectivity index (χ2v) is 4.14. The fourth-order valence-electron chi connectivity index (χ4n) is 1.84. The lowest BCUT2D eigenvalue weighted by molar-refractivity contribution is -0.131. The Morgan fingerprint density at radius 1 is 1.47 bits per heavy atom. The van der Waals surface area contributed by atoms with Gasteiger partial charge in [-0.3, -0.25) is 14.5 Å². The van der Waals surface area contributed by atoms with E-state index in [1.54, 1.807) is 4.90 Å². The van der Waals surface area contributed by atoms with Gasteiger partial charge < -0.3 is 4.90 Å². The predicted molar refractivity (Wildman–Crippen MR) is 58.6 cm³/mol. The fourth-order valence-corrected chi connectivity index (χ4v) is 1.84. The lowest BCUT2D eigenvalue weighted by Crippen LogP contribution is -2.43. The second kappa shape index (κ2) is 5.26. The monoisotopic (exact) mass is 212 g/mol. The van der Waals surface area contributed by atoms with Crippen LogP contribution in [0.3, 0.4) is 0 Å². The number of ketones is 1. The van der Waals surface area contributed by atoms with Crippen molar-refractivity contribution in [2.24, 2.45) is 0 Å². The first-order valence-corrected chi connectivity index (χ1v) is 5.57. The summed E-state index contributed by atoms with van der Waals surface area (Å²) in [5.41, 5.74) is 0. The van der Waals surface area contributed by atoms with Gasteiger partial charge in [-0.25, -0.2) is 0 Å². The number of amides is 1. The molecule has 1 rings (SSSR count). The smallest absolute Gasteiger partial charge is 0.236 e. The fraction of sp³-hybridized carbons (Fsp3) is 0.818. The van der Waals surface area contributed by atoms with E-state index in [-0.39, 0.29) is 17.7 Å². The van der Waals surface area contributed by atoms with Gasteiger partial charge in [0.25, 0.3) is 0 Å². The van der Waals surface area contributed by atoms with Crippen molar-refractivity contribution in [1.29, 1.82) is 0 Å². The predicted octanol–water partition coefficient (Wildman–Crippen LogP) is 0.518. The highest BCUT2D eigenvalue weighted by Crippen LogP contribution is 2.08. The molecule has 0 spiro atoms. The molecule has 1 amide bonds. The molecule has 0 aromatic heterocycles. The molecule has 1 aliphatic rings. The summed E-state index contributed by atoms with van der Waals surface area (Å²) in [5, 5.41) is 0. The van der Waals surface area contributed by atoms with Gasteiger partial charge in [-0.15, -0.1) is 0 Å². The van der Waals surface area contributed by atoms with Gasteiger partial charge in [0.15, 0.2) is 0 Å². The molecule has 1 aliphatic heterocycles. The molecule has 1 atom stereocenters. The average Bonchev–Trinajstić information content (AvgIpc) is 2.39. The summed E-state index contributed by atoms with van der Waals surface area (Å²) in [6, 6.07) is -0.120. The number of Topliss-reactive ketones (excluding diaryl/α,β-unsaturated/α-hetero) is 1. The molecule has 0 radical (unpaired) electrons. The van der Waals surface area contributed by atoms with Gasteiger partial charge in [-0.05, 0) is 13.3 Å². The SMILES string of the molecule is CCC(=O)C(C)N1CCCN(C)C(=O)C1. The van der Waals surface area contributed by atoms with Crippen LogP contribution in [-0.2, 0) is 9.59 Å². The van der Waals surface area contributed by atoms with Crippen molar-refractivity contribution >= 4 is 11.7 Å². The van der Waals surface area contributed by atoms with Crippen LogP contribution in [0.1, 0.15) is 26.7 Å². The van der Waals surface area contributed by atoms with Crippen LogP contribution >= 0.6 is 0 Å². The van der Waals surface area contributed by atoms with Crippen LogP contribution in [-0.4, -0.2) is 54.2 Å². The molecular formula is C11H20N2O2. The zero-order chi connectivity index (χ0) is 11.4. The van der Waals surface area contributed by atoms with E-state index in [2.05, 4.69) is 0 Å². The number of likely N-dealkylation sites (N-methyl/N-ethyl adjacent to an activating group) is 1. The van der Waals surface area contributed by atoms with E-state index >= 15 is 0 Å². The van der Waals surface area contributed by atoms with Crippen LogP contribution in [0.15, 0.2) is 0 Å². The minimum absolute atomic E-state index is 0.114. The first-order valence-electron chi connectivity index (χ1n) is 5.57. The molecule has 1 fully saturated rings. The lowest BCUT2D eigenvalue weighted by Gasteiger charge is -2.25. The van der Waals surface area contributed by atoms with Crippen LogP contribution < -0.4 is 0 Å². The Bertz CT molecular complexity index is 253. The topological polar surface area (TPSA) is 40.6 Å². The molecular weight excluding hydrogens is 192 g/mol. The molecule has 4 nitrogen and oxygen atoms in total. The van der Waals surface area contributed by atoms with Crippen LogP contribution in [0.5, 0.6) is 0 Å². The molecule has 1 saturated heterocycles. The molecule has 1 heterocycles. The average molecular weight is 212 g/mol. The van der Waals surface area contributed by atoms with Gasteiger partial charge in [-0.2, -0.15) is 0 Å². The molecule has 0 N–H and O–H groups in total. The first-order chi connectivity index (χ1) is 7.06. The number of rotatable bonds is 3. The molecule has 0 aliphatic carbocycles. The summed E-state index contributed by atoms with van der Waals surface area (Å²) in [5.74, 6) is 0.329. The third kappa shape index (κ3) is 3.02. The molecule has 15 heavy (non-hydrogen) atoms. The van der Waals surface area contributed by atoms with Gasteiger partial charge >= 0.3 is 0 Å². The van der Waals surface area contributed by atoms with Crippen molar-refractivity contribution in [2.75, 3.05) is 26.7 Å². The van der Waals surface area contributed by atoms with E-state index in [0.29, 0.717) is 13.0 Å². The normalized spacial score (nSPS) is 21.3. The van der Waals surface area contributed by atoms with Crippen LogP contribution in [0.4, 0.5) is 0 Å². The maximum Gasteiger partial charge on any atom is 0.236 e. The zero-order valence-corrected chi connectivity index (χ0v) is 9.82. The summed E-state index contributed by atoms with van der Waals surface area (Å²) in [4.78, 5) is 26.9. The van der Waals surface area contributed by atoms with Gasteiger partial charge in [0.2, 0.25) is 5.91 Å². The van der Waals surface area contributed by atoms with E-state index in [0.717, 1.165) is 19.5 Å². The number of carbonyl (C=O) groups is 2. The molecule has 0 bridgehead atoms. The number of hydrogen-bond donors (Lipinski definition) is 0. The Balaban J connectivity index is 2.62. The van der Waals surface area contributed by atoms with Gasteiger partial charge in [-0.1, -0.05) is 6.92 Å². The molecule has 0 aromatic carbocycles. The van der Waals surface area contributed by atoms with E-state index in [4.69, 9.17) is 0 Å². The standard InChI is InChI=1S/C11H20N2O2/c1-4-10(14)9(2)13-7-5-6-12(3)11(15)8-13/h9H,4-8H2,1-3H3. The summed E-state index contributed by atoms with van der Waals surface area (Å²) in [7, 11) is 1.82. The van der Waals surface area contributed by atoms with E-state index in [1.165, 1.54) is 0 Å². The first kappa shape index (κ1) is 12.2. The van der Waals surface area contributed by atoms with Gasteiger partial charge in [0.1, 0.15) is 5.78 Å². The Kier molecular flexibility index (Phi) is 4.27. The van der Waals surface area contributed by atoms with Crippen molar-refractivity contribution in [3.05, 3.63) is 0 Å². The largest absolute Gasteiger partial charge is 0.345 e. The minimum atomic E-state index is -0.120. The van der Waals surface area contributed by atoms with Crippen molar-refractivity contribution in [3.8, 4) is 0 Å². The molecule has 1 unspecified atom stereocenters. The highest BCUT2D eigenvalue weighted by molar-refractivity contribution is 5.84. The molecule has 86 valence electrons. The van der Waals surface area contributed by atoms with Crippen LogP contribution in [0.2, 0.25) is 0 Å². The maximum absolute atomic E-state index is 11.6. The highest BCUT2D eigenvalue weighted by atomic mass is 16.2. The Morgan fingerprint density at radius 2 is 2.13 bits per heavy atom. The summed E-state index contributed by atoms with van der Waals surface area (Å²) in [6.45, 7) is 5.77. The summed E-state index contributed by atoms with van der Waals surface area (Å²) in [6.07, 6.45) is 1.49. The quantitative estimate of drug-likeness (QED) is 0.684. The third-order valence-corrected chi connectivity index (χ3v) is 3.07. The number of hydrogen-bond acceptors (Lipinski definition) is 3. The van der Waals surface area contributed by atoms with Crippen molar-refractivity contribution in [2.45, 2.75) is 32.7 Å². The van der Waals surface area contributed by atoms with Gasteiger partial charge in [0.05, 0.1) is 12.6 Å². The number of nitrogens with zero attached hydrogens (tertiary/aromatic N) is 2. The third-order valence-electron chi connectivity index (χ3n) is 3.07. The molecule has 4 heteroatoms. The van der Waals surface area contributed by atoms with Crippen molar-refractivity contribution < 1.29 is 9.59 Å².